The summed E-state index contributed by atoms with van der Waals surface area (Å²) in [5.74, 6) is 0.248. The maximum absolute atomic E-state index is 12.3. The Bertz CT molecular complexity index is 911. The standard InChI is InChI=1S/C21H22ClN3OS/c1-14(17-10-6-7-11-18(17)22)23-20(26)13-27-21-24-15(2)19(25-21)12-16-8-4-3-5-9-16/h3-11,14H,12-13H2,1-2H3,(H,23,26)(H,24,25)/t14-/m1/s1. The Labute approximate surface area is 168 Å². The highest BCUT2D eigenvalue weighted by Crippen LogP contribution is 2.23. The van der Waals surface area contributed by atoms with E-state index in [1.54, 1.807) is 0 Å². The molecule has 0 aliphatic heterocycles. The zero-order valence-corrected chi connectivity index (χ0v) is 16.9. The third-order valence-corrected chi connectivity index (χ3v) is 5.48. The first-order valence-electron chi connectivity index (χ1n) is 8.79. The van der Waals surface area contributed by atoms with Crippen LogP contribution in [-0.2, 0) is 11.2 Å². The predicted molar refractivity (Wildman–Crippen MR) is 111 cm³/mol. The minimum atomic E-state index is -0.140. The van der Waals surface area contributed by atoms with E-state index in [0.717, 1.165) is 28.5 Å². The zero-order valence-electron chi connectivity index (χ0n) is 15.3. The largest absolute Gasteiger partial charge is 0.349 e. The molecular formula is C21H22ClN3OS. The number of carbonyl (C=O) groups is 1. The Morgan fingerprint density at radius 2 is 1.89 bits per heavy atom. The first-order valence-corrected chi connectivity index (χ1v) is 10.2. The van der Waals surface area contributed by atoms with Crippen LogP contribution >= 0.6 is 23.4 Å². The van der Waals surface area contributed by atoms with Crippen molar-refractivity contribution >= 4 is 29.3 Å². The molecule has 6 heteroatoms. The van der Waals surface area contributed by atoms with Crippen LogP contribution in [0.1, 0.15) is 35.5 Å². The van der Waals surface area contributed by atoms with Gasteiger partial charge in [0.05, 0.1) is 17.5 Å². The Balaban J connectivity index is 1.55. The second-order valence-corrected chi connectivity index (χ2v) is 7.75. The molecule has 2 aromatic carbocycles. The van der Waals surface area contributed by atoms with Crippen LogP contribution in [0.2, 0.25) is 5.02 Å². The fraction of sp³-hybridized carbons (Fsp3) is 0.238. The van der Waals surface area contributed by atoms with E-state index < -0.39 is 0 Å². The van der Waals surface area contributed by atoms with Gasteiger partial charge in [-0.25, -0.2) is 4.98 Å². The SMILES string of the molecule is Cc1[nH]c(SCC(=O)N[C@H](C)c2ccccc2Cl)nc1Cc1ccccc1. The van der Waals surface area contributed by atoms with Crippen molar-refractivity contribution in [3.8, 4) is 0 Å². The minimum absolute atomic E-state index is 0.0499. The number of benzene rings is 2. The number of halogens is 1. The van der Waals surface area contributed by atoms with Gasteiger partial charge in [0.1, 0.15) is 0 Å². The molecule has 1 atom stereocenters. The van der Waals surface area contributed by atoms with Crippen LogP contribution in [0, 0.1) is 6.92 Å². The van der Waals surface area contributed by atoms with Crippen molar-refractivity contribution in [1.82, 2.24) is 15.3 Å². The molecule has 0 aliphatic carbocycles. The smallest absolute Gasteiger partial charge is 0.230 e. The van der Waals surface area contributed by atoms with Crippen LogP contribution in [0.4, 0.5) is 0 Å². The Hall–Kier alpha value is -2.24. The molecule has 0 fully saturated rings. The number of rotatable bonds is 7. The van der Waals surface area contributed by atoms with Gasteiger partial charge >= 0.3 is 0 Å². The van der Waals surface area contributed by atoms with E-state index in [9.17, 15) is 4.79 Å². The zero-order chi connectivity index (χ0) is 19.2. The molecule has 1 heterocycles. The van der Waals surface area contributed by atoms with Crippen LogP contribution in [0.25, 0.3) is 0 Å². The van der Waals surface area contributed by atoms with Crippen molar-refractivity contribution in [3.63, 3.8) is 0 Å². The molecule has 0 saturated heterocycles. The summed E-state index contributed by atoms with van der Waals surface area (Å²) in [5.41, 5.74) is 4.17. The van der Waals surface area contributed by atoms with Crippen LogP contribution in [0.5, 0.6) is 0 Å². The van der Waals surface area contributed by atoms with Gasteiger partial charge in [-0.15, -0.1) is 0 Å². The highest BCUT2D eigenvalue weighted by molar-refractivity contribution is 7.99. The van der Waals surface area contributed by atoms with Crippen molar-refractivity contribution < 1.29 is 4.79 Å². The van der Waals surface area contributed by atoms with Crippen LogP contribution < -0.4 is 5.32 Å². The van der Waals surface area contributed by atoms with E-state index >= 15 is 0 Å². The second-order valence-electron chi connectivity index (χ2n) is 6.38. The Morgan fingerprint density at radius 3 is 2.63 bits per heavy atom. The predicted octanol–water partition coefficient (Wildman–Crippen LogP) is 4.93. The van der Waals surface area contributed by atoms with Gasteiger partial charge in [0.25, 0.3) is 0 Å². The number of hydrogen-bond donors (Lipinski definition) is 2. The summed E-state index contributed by atoms with van der Waals surface area (Å²) < 4.78 is 0. The maximum Gasteiger partial charge on any atom is 0.230 e. The molecule has 27 heavy (non-hydrogen) atoms. The van der Waals surface area contributed by atoms with Gasteiger partial charge in [0, 0.05) is 17.1 Å². The van der Waals surface area contributed by atoms with E-state index in [1.807, 2.05) is 56.3 Å². The molecule has 0 aliphatic rings. The van der Waals surface area contributed by atoms with Crippen LogP contribution in [0.15, 0.2) is 59.8 Å². The van der Waals surface area contributed by atoms with Crippen molar-refractivity contribution in [2.24, 2.45) is 0 Å². The summed E-state index contributed by atoms with van der Waals surface area (Å²) in [6.07, 6.45) is 0.777. The second kappa shape index (κ2) is 9.11. The number of aromatic amines is 1. The summed E-state index contributed by atoms with van der Waals surface area (Å²) >= 11 is 7.59. The van der Waals surface area contributed by atoms with Gasteiger partial charge in [0.15, 0.2) is 5.16 Å². The monoisotopic (exact) mass is 399 g/mol. The number of H-pyrrole nitrogens is 1. The number of nitrogens with one attached hydrogen (secondary N) is 2. The number of aromatic nitrogens is 2. The topological polar surface area (TPSA) is 57.8 Å². The lowest BCUT2D eigenvalue weighted by Crippen LogP contribution is -2.28. The summed E-state index contributed by atoms with van der Waals surface area (Å²) in [6.45, 7) is 3.94. The van der Waals surface area contributed by atoms with E-state index in [4.69, 9.17) is 11.6 Å². The quantitative estimate of drug-likeness (QED) is 0.553. The molecule has 4 nitrogen and oxygen atoms in total. The number of thioether (sulfide) groups is 1. The molecule has 0 radical (unpaired) electrons. The molecule has 0 saturated carbocycles. The maximum atomic E-state index is 12.3. The number of hydrogen-bond acceptors (Lipinski definition) is 3. The molecule has 0 unspecified atom stereocenters. The van der Waals surface area contributed by atoms with Crippen molar-refractivity contribution in [1.29, 1.82) is 0 Å². The molecule has 3 aromatic rings. The van der Waals surface area contributed by atoms with E-state index in [0.29, 0.717) is 10.8 Å². The number of imidazole rings is 1. The van der Waals surface area contributed by atoms with Crippen LogP contribution in [0.3, 0.4) is 0 Å². The summed E-state index contributed by atoms with van der Waals surface area (Å²) in [4.78, 5) is 20.2. The van der Waals surface area contributed by atoms with E-state index in [-0.39, 0.29) is 11.9 Å². The summed E-state index contributed by atoms with van der Waals surface area (Å²) in [6, 6.07) is 17.6. The fourth-order valence-electron chi connectivity index (χ4n) is 2.82. The van der Waals surface area contributed by atoms with Crippen LogP contribution in [-0.4, -0.2) is 21.6 Å². The molecular weight excluding hydrogens is 378 g/mol. The summed E-state index contributed by atoms with van der Waals surface area (Å²) in [5, 5.41) is 4.40. The van der Waals surface area contributed by atoms with Gasteiger partial charge in [-0.2, -0.15) is 0 Å². The molecule has 3 rings (SSSR count). The molecule has 2 N–H and O–H groups in total. The lowest BCUT2D eigenvalue weighted by atomic mass is 10.1. The molecule has 0 spiro atoms. The van der Waals surface area contributed by atoms with Crippen molar-refractivity contribution in [2.75, 3.05) is 5.75 Å². The number of carbonyl (C=O) groups excluding carboxylic acids is 1. The number of amides is 1. The fourth-order valence-corrected chi connectivity index (χ4v) is 3.87. The molecule has 1 aromatic heterocycles. The van der Waals surface area contributed by atoms with Gasteiger partial charge in [0.2, 0.25) is 5.91 Å². The average molecular weight is 400 g/mol. The number of aryl methyl sites for hydroxylation is 1. The minimum Gasteiger partial charge on any atom is -0.349 e. The van der Waals surface area contributed by atoms with Gasteiger partial charge in [-0.3, -0.25) is 4.79 Å². The Kier molecular flexibility index (Phi) is 6.58. The number of nitrogens with zero attached hydrogens (tertiary/aromatic N) is 1. The van der Waals surface area contributed by atoms with Gasteiger partial charge in [-0.05, 0) is 31.0 Å². The van der Waals surface area contributed by atoms with Crippen molar-refractivity contribution in [2.45, 2.75) is 31.5 Å². The van der Waals surface area contributed by atoms with E-state index in [2.05, 4.69) is 27.4 Å². The Morgan fingerprint density at radius 1 is 1.19 bits per heavy atom. The van der Waals surface area contributed by atoms with E-state index in [1.165, 1.54) is 17.3 Å². The lowest BCUT2D eigenvalue weighted by molar-refractivity contribution is -0.119. The third-order valence-electron chi connectivity index (χ3n) is 4.27. The highest BCUT2D eigenvalue weighted by atomic mass is 35.5. The first-order chi connectivity index (χ1) is 13.0. The molecule has 140 valence electrons. The molecule has 1 amide bonds. The highest BCUT2D eigenvalue weighted by Gasteiger charge is 2.14. The average Bonchev–Trinajstić information content (AvgIpc) is 3.00. The lowest BCUT2D eigenvalue weighted by Gasteiger charge is -2.15. The van der Waals surface area contributed by atoms with Crippen molar-refractivity contribution in [3.05, 3.63) is 82.1 Å². The normalized spacial score (nSPS) is 12.0. The molecule has 0 bridgehead atoms. The van der Waals surface area contributed by atoms with Gasteiger partial charge in [-0.1, -0.05) is 71.9 Å². The third kappa shape index (κ3) is 5.37. The summed E-state index contributed by atoms with van der Waals surface area (Å²) in [7, 11) is 0. The van der Waals surface area contributed by atoms with Gasteiger partial charge < -0.3 is 10.3 Å². The first kappa shape index (κ1) is 19.5.